The van der Waals surface area contributed by atoms with Crippen LogP contribution in [0.4, 0.5) is 0 Å². The van der Waals surface area contributed by atoms with Crippen LogP contribution < -0.4 is 4.72 Å². The molecule has 0 unspecified atom stereocenters. The molecule has 0 aliphatic rings. The molecule has 0 radical (unpaired) electrons. The van der Waals surface area contributed by atoms with E-state index in [2.05, 4.69) is 17.4 Å². The molecule has 0 bridgehead atoms. The lowest BCUT2D eigenvalue weighted by atomic mass is 10.4. The van der Waals surface area contributed by atoms with E-state index in [9.17, 15) is 8.42 Å². The van der Waals surface area contributed by atoms with Gasteiger partial charge in [0.05, 0.1) is 4.90 Å². The molecule has 0 aliphatic heterocycles. The van der Waals surface area contributed by atoms with Crippen LogP contribution in [-0.2, 0) is 10.0 Å². The molecule has 0 heterocycles. The van der Waals surface area contributed by atoms with Crippen molar-refractivity contribution in [1.29, 1.82) is 0 Å². The second-order valence-corrected chi connectivity index (χ2v) is 4.60. The minimum atomic E-state index is -3.30. The van der Waals surface area contributed by atoms with E-state index >= 15 is 0 Å². The maximum absolute atomic E-state index is 11.2. The molecule has 0 aromatic heterocycles. The van der Waals surface area contributed by atoms with Gasteiger partial charge in [0.1, 0.15) is 0 Å². The van der Waals surface area contributed by atoms with Gasteiger partial charge in [-0.05, 0) is 31.3 Å². The fraction of sp³-hybridized carbons (Fsp3) is 0.143. The quantitative estimate of drug-likeness (QED) is 0.701. The van der Waals surface area contributed by atoms with E-state index < -0.39 is 10.0 Å². The van der Waals surface area contributed by atoms with Crippen molar-refractivity contribution in [3.63, 3.8) is 0 Å². The van der Waals surface area contributed by atoms with Crippen molar-refractivity contribution in [3.05, 3.63) is 24.3 Å². The third kappa shape index (κ3) is 2.00. The highest BCUT2D eigenvalue weighted by Crippen LogP contribution is 2.11. The second kappa shape index (κ2) is 3.47. The number of hydrogen-bond acceptors (Lipinski definition) is 3. The Morgan fingerprint density at radius 3 is 2.17 bits per heavy atom. The van der Waals surface area contributed by atoms with Crippen molar-refractivity contribution in [2.75, 3.05) is 7.05 Å². The first-order valence-corrected chi connectivity index (χ1v) is 5.22. The Hall–Kier alpha value is -0.520. The number of sulfonamides is 1. The lowest BCUT2D eigenvalue weighted by molar-refractivity contribution is 0.588. The molecule has 1 N–H and O–H groups in total. The van der Waals surface area contributed by atoms with Crippen molar-refractivity contribution < 1.29 is 8.42 Å². The van der Waals surface area contributed by atoms with Crippen molar-refractivity contribution in [2.45, 2.75) is 9.79 Å². The minimum Gasteiger partial charge on any atom is -0.214 e. The first kappa shape index (κ1) is 9.57. The molecular weight excluding hydrogens is 194 g/mol. The van der Waals surface area contributed by atoms with Crippen LogP contribution in [-0.4, -0.2) is 15.5 Å². The number of hydrogen-bond donors (Lipinski definition) is 2. The summed E-state index contributed by atoms with van der Waals surface area (Å²) in [7, 11) is -1.92. The summed E-state index contributed by atoms with van der Waals surface area (Å²) in [5, 5.41) is 0. The van der Waals surface area contributed by atoms with Crippen molar-refractivity contribution in [3.8, 4) is 0 Å². The largest absolute Gasteiger partial charge is 0.240 e. The molecular formula is C7H9NO2S2. The highest BCUT2D eigenvalue weighted by molar-refractivity contribution is 7.89. The Morgan fingerprint density at radius 2 is 1.75 bits per heavy atom. The van der Waals surface area contributed by atoms with Crippen LogP contribution in [0.5, 0.6) is 0 Å². The summed E-state index contributed by atoms with van der Waals surface area (Å²) in [5.74, 6) is 0. The van der Waals surface area contributed by atoms with Gasteiger partial charge in [0.15, 0.2) is 0 Å². The average Bonchev–Trinajstić information content (AvgIpc) is 2.05. The lowest BCUT2D eigenvalue weighted by Crippen LogP contribution is -2.18. The molecule has 0 amide bonds. The Bertz CT molecular complexity index is 355. The summed E-state index contributed by atoms with van der Waals surface area (Å²) in [6.45, 7) is 0. The third-order valence-corrected chi connectivity index (χ3v) is 3.14. The third-order valence-electron chi connectivity index (χ3n) is 1.42. The highest BCUT2D eigenvalue weighted by Gasteiger charge is 2.09. The molecule has 1 aromatic rings. The summed E-state index contributed by atoms with van der Waals surface area (Å²) in [4.78, 5) is 0.993. The van der Waals surface area contributed by atoms with Gasteiger partial charge >= 0.3 is 0 Å². The molecule has 0 fully saturated rings. The Balaban J connectivity index is 3.14. The van der Waals surface area contributed by atoms with Gasteiger partial charge in [0, 0.05) is 4.90 Å². The molecule has 1 aromatic carbocycles. The predicted octanol–water partition coefficient (Wildman–Crippen LogP) is 0.883. The SMILES string of the molecule is CNS(=O)(=O)c1ccc(S)cc1. The Kier molecular flexibility index (Phi) is 2.76. The summed E-state index contributed by atoms with van der Waals surface area (Å²) >= 11 is 4.04. The van der Waals surface area contributed by atoms with Gasteiger partial charge in [-0.3, -0.25) is 0 Å². The number of thiol groups is 1. The average molecular weight is 203 g/mol. The lowest BCUT2D eigenvalue weighted by Gasteiger charge is -2.01. The highest BCUT2D eigenvalue weighted by atomic mass is 32.2. The standard InChI is InChI=1S/C7H9NO2S2/c1-8-12(9,10)7-4-2-6(11)3-5-7/h2-5,8,11H,1H3. The molecule has 1 rings (SSSR count). The Labute approximate surface area is 77.3 Å². The molecule has 0 spiro atoms. The predicted molar refractivity (Wildman–Crippen MR) is 49.9 cm³/mol. The first-order valence-electron chi connectivity index (χ1n) is 3.29. The number of nitrogens with one attached hydrogen (secondary N) is 1. The first-order chi connectivity index (χ1) is 5.56. The van der Waals surface area contributed by atoms with Crippen molar-refractivity contribution in [1.82, 2.24) is 4.72 Å². The van der Waals surface area contributed by atoms with Crippen LogP contribution in [0.1, 0.15) is 0 Å². The van der Waals surface area contributed by atoms with Crippen LogP contribution >= 0.6 is 12.6 Å². The van der Waals surface area contributed by atoms with Gasteiger partial charge < -0.3 is 0 Å². The number of rotatable bonds is 2. The molecule has 0 aliphatic carbocycles. The zero-order valence-electron chi connectivity index (χ0n) is 6.48. The molecule has 0 saturated carbocycles. The molecule has 0 atom stereocenters. The number of benzene rings is 1. The van der Waals surface area contributed by atoms with E-state index in [1.807, 2.05) is 0 Å². The van der Waals surface area contributed by atoms with Gasteiger partial charge in [-0.2, -0.15) is 0 Å². The van der Waals surface area contributed by atoms with Gasteiger partial charge in [0.25, 0.3) is 0 Å². The normalized spacial score (nSPS) is 11.5. The monoisotopic (exact) mass is 203 g/mol. The zero-order valence-corrected chi connectivity index (χ0v) is 8.19. The molecule has 0 saturated heterocycles. The molecule has 3 nitrogen and oxygen atoms in total. The zero-order chi connectivity index (χ0) is 9.19. The smallest absolute Gasteiger partial charge is 0.214 e. The second-order valence-electron chi connectivity index (χ2n) is 2.20. The Morgan fingerprint density at radius 1 is 1.25 bits per heavy atom. The van der Waals surface area contributed by atoms with Crippen molar-refractivity contribution >= 4 is 22.7 Å². The summed E-state index contributed by atoms with van der Waals surface area (Å²) in [6, 6.07) is 6.28. The van der Waals surface area contributed by atoms with Gasteiger partial charge in [0.2, 0.25) is 10.0 Å². The summed E-state index contributed by atoms with van der Waals surface area (Å²) < 4.78 is 24.6. The fourth-order valence-electron chi connectivity index (χ4n) is 0.743. The summed E-state index contributed by atoms with van der Waals surface area (Å²) in [6.07, 6.45) is 0. The summed E-state index contributed by atoms with van der Waals surface area (Å²) in [5.41, 5.74) is 0. The van der Waals surface area contributed by atoms with Crippen LogP contribution in [0.25, 0.3) is 0 Å². The molecule has 12 heavy (non-hydrogen) atoms. The molecule has 66 valence electrons. The van der Waals surface area contributed by atoms with E-state index in [0.29, 0.717) is 0 Å². The van der Waals surface area contributed by atoms with E-state index in [1.54, 1.807) is 12.1 Å². The topological polar surface area (TPSA) is 46.2 Å². The van der Waals surface area contributed by atoms with Crippen LogP contribution in [0, 0.1) is 0 Å². The fourth-order valence-corrected chi connectivity index (χ4v) is 1.62. The maximum Gasteiger partial charge on any atom is 0.240 e. The maximum atomic E-state index is 11.2. The molecule has 5 heteroatoms. The van der Waals surface area contributed by atoms with Crippen LogP contribution in [0.2, 0.25) is 0 Å². The van der Waals surface area contributed by atoms with Crippen LogP contribution in [0.15, 0.2) is 34.1 Å². The van der Waals surface area contributed by atoms with E-state index in [1.165, 1.54) is 19.2 Å². The van der Waals surface area contributed by atoms with Crippen molar-refractivity contribution in [2.24, 2.45) is 0 Å². The van der Waals surface area contributed by atoms with Gasteiger partial charge in [-0.25, -0.2) is 13.1 Å². The van der Waals surface area contributed by atoms with Crippen LogP contribution in [0.3, 0.4) is 0 Å². The van der Waals surface area contributed by atoms with Gasteiger partial charge in [-0.1, -0.05) is 0 Å². The van der Waals surface area contributed by atoms with E-state index in [0.717, 1.165) is 4.90 Å². The van der Waals surface area contributed by atoms with E-state index in [4.69, 9.17) is 0 Å². The van der Waals surface area contributed by atoms with E-state index in [-0.39, 0.29) is 4.90 Å². The van der Waals surface area contributed by atoms with Gasteiger partial charge in [-0.15, -0.1) is 12.6 Å². The minimum absolute atomic E-state index is 0.253.